The van der Waals surface area contributed by atoms with Gasteiger partial charge >= 0.3 is 5.97 Å². The number of aliphatic carboxylic acids is 1. The molecule has 1 atom stereocenters. The zero-order valence-corrected chi connectivity index (χ0v) is 10.6. The van der Waals surface area contributed by atoms with E-state index in [4.69, 9.17) is 5.11 Å². The fourth-order valence-electron chi connectivity index (χ4n) is 1.46. The van der Waals surface area contributed by atoms with Crippen molar-refractivity contribution in [2.45, 2.75) is 39.7 Å². The monoisotopic (exact) mass is 255 g/mol. The summed E-state index contributed by atoms with van der Waals surface area (Å²) in [6, 6.07) is -0.393. The van der Waals surface area contributed by atoms with Gasteiger partial charge in [0.25, 0.3) is 0 Å². The largest absolute Gasteiger partial charge is 0.481 e. The summed E-state index contributed by atoms with van der Waals surface area (Å²) in [5.41, 5.74) is 1.02. The van der Waals surface area contributed by atoms with Crippen LogP contribution in [0.1, 0.15) is 31.7 Å². The maximum atomic E-state index is 11.7. The summed E-state index contributed by atoms with van der Waals surface area (Å²) < 4.78 is 4.49. The fourth-order valence-corrected chi connectivity index (χ4v) is 1.46. The van der Waals surface area contributed by atoms with Crippen LogP contribution < -0.4 is 5.32 Å². The van der Waals surface area contributed by atoms with Crippen LogP contribution in [-0.4, -0.2) is 33.3 Å². The van der Waals surface area contributed by atoms with Crippen LogP contribution in [0.2, 0.25) is 0 Å². The lowest BCUT2D eigenvalue weighted by Gasteiger charge is -2.20. The number of nitrogens with zero attached hydrogens (tertiary/aromatic N) is 2. The minimum atomic E-state index is -0.937. The van der Waals surface area contributed by atoms with Gasteiger partial charge in [-0.1, -0.05) is 24.2 Å². The number of carbonyl (C=O) groups excluding carboxylic acids is 1. The Hall–Kier alpha value is -1.92. The molecule has 0 radical (unpaired) electrons. The van der Waals surface area contributed by atoms with Crippen molar-refractivity contribution in [3.8, 4) is 0 Å². The lowest BCUT2D eigenvalue weighted by molar-refractivity contribution is -0.138. The van der Waals surface area contributed by atoms with Gasteiger partial charge in [-0.3, -0.25) is 9.59 Å². The van der Waals surface area contributed by atoms with Crippen molar-refractivity contribution in [3.05, 3.63) is 11.4 Å². The van der Waals surface area contributed by atoms with Crippen molar-refractivity contribution in [1.82, 2.24) is 15.6 Å². The van der Waals surface area contributed by atoms with Gasteiger partial charge in [-0.2, -0.15) is 0 Å². The van der Waals surface area contributed by atoms with Gasteiger partial charge in [0.15, 0.2) is 0 Å². The highest BCUT2D eigenvalue weighted by atomic mass is 16.6. The Kier molecular flexibility index (Phi) is 4.82. The van der Waals surface area contributed by atoms with E-state index in [1.807, 2.05) is 13.8 Å². The SMILES string of the molecule is Cc1nonc1CC(=O)N[C@H](CC(=O)O)C(C)C. The molecule has 18 heavy (non-hydrogen) atoms. The lowest BCUT2D eigenvalue weighted by Crippen LogP contribution is -2.40. The predicted molar refractivity (Wildman–Crippen MR) is 61.8 cm³/mol. The average molecular weight is 255 g/mol. The van der Waals surface area contributed by atoms with Crippen LogP contribution in [0.5, 0.6) is 0 Å². The number of hydrogen-bond donors (Lipinski definition) is 2. The summed E-state index contributed by atoms with van der Waals surface area (Å²) in [4.78, 5) is 22.4. The molecule has 0 saturated heterocycles. The van der Waals surface area contributed by atoms with Crippen LogP contribution in [0.4, 0.5) is 0 Å². The molecule has 0 aliphatic rings. The molecule has 2 N–H and O–H groups in total. The van der Waals surface area contributed by atoms with Crippen molar-refractivity contribution in [2.75, 3.05) is 0 Å². The van der Waals surface area contributed by atoms with E-state index in [-0.39, 0.29) is 24.7 Å². The Balaban J connectivity index is 2.56. The lowest BCUT2D eigenvalue weighted by atomic mass is 10.0. The standard InChI is InChI=1S/C11H17N3O4/c1-6(2)8(5-11(16)17)12-10(15)4-9-7(3)13-18-14-9/h6,8H,4-5H2,1-3H3,(H,12,15)(H,16,17)/t8-/m1/s1. The first-order chi connectivity index (χ1) is 8.40. The predicted octanol–water partition coefficient (Wildman–Crippen LogP) is 0.536. The number of carbonyl (C=O) groups is 2. The molecule has 0 fully saturated rings. The number of aryl methyl sites for hydroxylation is 1. The van der Waals surface area contributed by atoms with E-state index in [0.29, 0.717) is 11.4 Å². The first-order valence-electron chi connectivity index (χ1n) is 5.69. The molecule has 7 heteroatoms. The van der Waals surface area contributed by atoms with E-state index in [0.717, 1.165) is 0 Å². The van der Waals surface area contributed by atoms with E-state index in [1.165, 1.54) is 0 Å². The molecule has 0 saturated carbocycles. The maximum Gasteiger partial charge on any atom is 0.305 e. The van der Waals surface area contributed by atoms with E-state index < -0.39 is 12.0 Å². The van der Waals surface area contributed by atoms with Gasteiger partial charge < -0.3 is 10.4 Å². The molecular weight excluding hydrogens is 238 g/mol. The van der Waals surface area contributed by atoms with Gasteiger partial charge in [-0.25, -0.2) is 4.63 Å². The van der Waals surface area contributed by atoms with E-state index in [2.05, 4.69) is 20.3 Å². The fraction of sp³-hybridized carbons (Fsp3) is 0.636. The zero-order chi connectivity index (χ0) is 13.7. The molecule has 1 amide bonds. The summed E-state index contributed by atoms with van der Waals surface area (Å²) >= 11 is 0. The molecule has 0 aromatic carbocycles. The van der Waals surface area contributed by atoms with Gasteiger partial charge in [0.2, 0.25) is 5.91 Å². The molecule has 1 aromatic heterocycles. The van der Waals surface area contributed by atoms with E-state index in [1.54, 1.807) is 6.92 Å². The highest BCUT2D eigenvalue weighted by molar-refractivity contribution is 5.79. The van der Waals surface area contributed by atoms with Gasteiger partial charge in [-0.05, 0) is 12.8 Å². The van der Waals surface area contributed by atoms with Gasteiger partial charge in [-0.15, -0.1) is 0 Å². The molecular formula is C11H17N3O4. The number of aromatic nitrogens is 2. The van der Waals surface area contributed by atoms with Gasteiger partial charge in [0.05, 0.1) is 12.8 Å². The molecule has 0 aliphatic heterocycles. The van der Waals surface area contributed by atoms with Crippen molar-refractivity contribution >= 4 is 11.9 Å². The van der Waals surface area contributed by atoms with Crippen molar-refractivity contribution < 1.29 is 19.3 Å². The number of rotatable bonds is 6. The average Bonchev–Trinajstić information content (AvgIpc) is 2.62. The minimum absolute atomic E-state index is 0.0399. The van der Waals surface area contributed by atoms with Crippen LogP contribution in [0.3, 0.4) is 0 Å². The Morgan fingerprint density at radius 3 is 2.50 bits per heavy atom. The Bertz CT molecular complexity index is 428. The number of hydrogen-bond acceptors (Lipinski definition) is 5. The number of carboxylic acid groups (broad SMARTS) is 1. The molecule has 1 aromatic rings. The summed E-state index contributed by atoms with van der Waals surface area (Å²) in [6.07, 6.45) is -0.0579. The summed E-state index contributed by atoms with van der Waals surface area (Å²) in [5.74, 6) is -1.18. The highest BCUT2D eigenvalue weighted by Crippen LogP contribution is 2.07. The third-order valence-electron chi connectivity index (χ3n) is 2.62. The number of carboxylic acids is 1. The maximum absolute atomic E-state index is 11.7. The first kappa shape index (κ1) is 14.1. The van der Waals surface area contributed by atoms with Crippen LogP contribution in [0, 0.1) is 12.8 Å². The molecule has 1 rings (SSSR count). The topological polar surface area (TPSA) is 105 Å². The molecule has 0 aliphatic carbocycles. The summed E-state index contributed by atoms with van der Waals surface area (Å²) in [5, 5.41) is 18.6. The van der Waals surface area contributed by atoms with E-state index in [9.17, 15) is 9.59 Å². The molecule has 0 unspecified atom stereocenters. The Morgan fingerprint density at radius 2 is 2.06 bits per heavy atom. The van der Waals surface area contributed by atoms with Crippen molar-refractivity contribution in [2.24, 2.45) is 5.92 Å². The third-order valence-corrected chi connectivity index (χ3v) is 2.62. The molecule has 0 bridgehead atoms. The minimum Gasteiger partial charge on any atom is -0.481 e. The Labute approximate surface area is 105 Å². The van der Waals surface area contributed by atoms with Crippen LogP contribution in [-0.2, 0) is 16.0 Å². The second-order valence-electron chi connectivity index (χ2n) is 4.49. The molecule has 100 valence electrons. The molecule has 0 spiro atoms. The Morgan fingerprint density at radius 1 is 1.39 bits per heavy atom. The molecule has 1 heterocycles. The summed E-state index contributed by atoms with van der Waals surface area (Å²) in [7, 11) is 0. The summed E-state index contributed by atoms with van der Waals surface area (Å²) in [6.45, 7) is 5.41. The van der Waals surface area contributed by atoms with Gasteiger partial charge in [0, 0.05) is 6.04 Å². The van der Waals surface area contributed by atoms with Crippen molar-refractivity contribution in [3.63, 3.8) is 0 Å². The second-order valence-corrected chi connectivity index (χ2v) is 4.49. The second kappa shape index (κ2) is 6.13. The third kappa shape index (κ3) is 4.15. The number of amides is 1. The van der Waals surface area contributed by atoms with Crippen LogP contribution >= 0.6 is 0 Å². The zero-order valence-electron chi connectivity index (χ0n) is 10.6. The quantitative estimate of drug-likeness (QED) is 0.768. The number of nitrogens with one attached hydrogen (secondary N) is 1. The smallest absolute Gasteiger partial charge is 0.305 e. The first-order valence-corrected chi connectivity index (χ1v) is 5.69. The highest BCUT2D eigenvalue weighted by Gasteiger charge is 2.20. The van der Waals surface area contributed by atoms with E-state index >= 15 is 0 Å². The normalized spacial score (nSPS) is 12.4. The van der Waals surface area contributed by atoms with Crippen LogP contribution in [0.15, 0.2) is 4.63 Å². The van der Waals surface area contributed by atoms with Gasteiger partial charge in [0.1, 0.15) is 11.4 Å². The van der Waals surface area contributed by atoms with Crippen molar-refractivity contribution in [1.29, 1.82) is 0 Å². The van der Waals surface area contributed by atoms with Crippen LogP contribution in [0.25, 0.3) is 0 Å². The molecule has 7 nitrogen and oxygen atoms in total.